The summed E-state index contributed by atoms with van der Waals surface area (Å²) in [6.07, 6.45) is 5.73. The van der Waals surface area contributed by atoms with Gasteiger partial charge in [-0.2, -0.15) is 5.10 Å². The Hall–Kier alpha value is -0.970. The van der Waals surface area contributed by atoms with Crippen molar-refractivity contribution >= 4 is 0 Å². The molecule has 4 nitrogen and oxygen atoms in total. The third-order valence-electron chi connectivity index (χ3n) is 3.93. The second-order valence-electron chi connectivity index (χ2n) is 5.00. The molecule has 0 bridgehead atoms. The lowest BCUT2D eigenvalue weighted by Gasteiger charge is -2.38. The van der Waals surface area contributed by atoms with E-state index in [9.17, 15) is 9.50 Å². The first kappa shape index (κ1) is 12.5. The van der Waals surface area contributed by atoms with Gasteiger partial charge in [0, 0.05) is 0 Å². The van der Waals surface area contributed by atoms with Crippen molar-refractivity contribution in [3.8, 4) is 0 Å². The van der Waals surface area contributed by atoms with Gasteiger partial charge >= 0.3 is 0 Å². The molecule has 1 N–H and O–H groups in total. The first-order chi connectivity index (χ1) is 8.14. The van der Waals surface area contributed by atoms with E-state index in [-0.39, 0.29) is 5.92 Å². The van der Waals surface area contributed by atoms with E-state index in [1.54, 1.807) is 11.0 Å². The minimum atomic E-state index is -0.784. The number of aliphatic hydroxyl groups is 1. The van der Waals surface area contributed by atoms with Gasteiger partial charge in [0.15, 0.2) is 0 Å². The molecule has 96 valence electrons. The van der Waals surface area contributed by atoms with Crippen molar-refractivity contribution in [1.82, 2.24) is 14.8 Å². The summed E-state index contributed by atoms with van der Waals surface area (Å²) >= 11 is 0. The Morgan fingerprint density at radius 1 is 1.41 bits per heavy atom. The van der Waals surface area contributed by atoms with Gasteiger partial charge in [-0.25, -0.2) is 9.37 Å². The average Bonchev–Trinajstić information content (AvgIpc) is 2.82. The second-order valence-corrected chi connectivity index (χ2v) is 5.00. The fourth-order valence-electron chi connectivity index (χ4n) is 2.71. The molecule has 0 saturated heterocycles. The quantitative estimate of drug-likeness (QED) is 0.876. The van der Waals surface area contributed by atoms with E-state index < -0.39 is 11.8 Å². The standard InChI is InChI=1S/C12H20FN3O/c1-2-12(17,7-16-9-14-8-15-16)10-3-5-11(13)6-4-10/h8-11,17H,2-7H2,1H3. The second kappa shape index (κ2) is 5.12. The number of nitrogens with zero attached hydrogens (tertiary/aromatic N) is 3. The molecule has 0 radical (unpaired) electrons. The fourth-order valence-corrected chi connectivity index (χ4v) is 2.71. The van der Waals surface area contributed by atoms with Gasteiger partial charge in [-0.15, -0.1) is 0 Å². The Morgan fingerprint density at radius 3 is 2.65 bits per heavy atom. The van der Waals surface area contributed by atoms with E-state index >= 15 is 0 Å². The number of hydrogen-bond acceptors (Lipinski definition) is 3. The number of rotatable bonds is 4. The van der Waals surface area contributed by atoms with Crippen LogP contribution in [0, 0.1) is 5.92 Å². The molecular weight excluding hydrogens is 221 g/mol. The highest BCUT2D eigenvalue weighted by atomic mass is 19.1. The maximum Gasteiger partial charge on any atom is 0.137 e. The van der Waals surface area contributed by atoms with Gasteiger partial charge in [-0.3, -0.25) is 4.68 Å². The molecule has 0 amide bonds. The van der Waals surface area contributed by atoms with Gasteiger partial charge in [0.1, 0.15) is 18.8 Å². The third kappa shape index (κ3) is 2.83. The Labute approximate surface area is 101 Å². The normalized spacial score (nSPS) is 28.9. The molecule has 1 aliphatic rings. The molecule has 2 rings (SSSR count). The molecule has 0 spiro atoms. The fraction of sp³-hybridized carbons (Fsp3) is 0.833. The van der Waals surface area contributed by atoms with Crippen molar-refractivity contribution < 1.29 is 9.50 Å². The third-order valence-corrected chi connectivity index (χ3v) is 3.93. The molecule has 5 heteroatoms. The molecule has 0 aliphatic heterocycles. The Morgan fingerprint density at radius 2 is 2.12 bits per heavy atom. The zero-order valence-electron chi connectivity index (χ0n) is 10.2. The number of alkyl halides is 1. The van der Waals surface area contributed by atoms with E-state index in [2.05, 4.69) is 10.1 Å². The van der Waals surface area contributed by atoms with Crippen LogP contribution in [0.1, 0.15) is 39.0 Å². The molecule has 1 heterocycles. The largest absolute Gasteiger partial charge is 0.388 e. The van der Waals surface area contributed by atoms with E-state index in [1.807, 2.05) is 6.92 Å². The molecule has 1 saturated carbocycles. The first-order valence-corrected chi connectivity index (χ1v) is 6.33. The van der Waals surface area contributed by atoms with Crippen LogP contribution in [0.3, 0.4) is 0 Å². The van der Waals surface area contributed by atoms with Crippen molar-refractivity contribution in [3.05, 3.63) is 12.7 Å². The number of hydrogen-bond donors (Lipinski definition) is 1. The lowest BCUT2D eigenvalue weighted by Crippen LogP contribution is -2.43. The summed E-state index contributed by atoms with van der Waals surface area (Å²) in [4.78, 5) is 3.88. The molecule has 1 unspecified atom stereocenters. The maximum atomic E-state index is 13.1. The van der Waals surface area contributed by atoms with E-state index in [0.29, 0.717) is 25.8 Å². The Bertz CT molecular complexity index is 336. The zero-order chi connectivity index (χ0) is 12.3. The highest BCUT2D eigenvalue weighted by molar-refractivity contribution is 4.88. The molecule has 1 fully saturated rings. The van der Waals surface area contributed by atoms with Gasteiger partial charge in [0.25, 0.3) is 0 Å². The van der Waals surface area contributed by atoms with Crippen LogP contribution in [-0.2, 0) is 6.54 Å². The molecule has 1 aromatic rings. The predicted molar refractivity (Wildman–Crippen MR) is 62.1 cm³/mol. The molecular formula is C12H20FN3O. The molecule has 1 aromatic heterocycles. The first-order valence-electron chi connectivity index (χ1n) is 6.33. The van der Waals surface area contributed by atoms with Gasteiger partial charge in [-0.1, -0.05) is 6.92 Å². The summed E-state index contributed by atoms with van der Waals surface area (Å²) in [6, 6.07) is 0. The molecule has 1 aliphatic carbocycles. The summed E-state index contributed by atoms with van der Waals surface area (Å²) in [5.74, 6) is 0.170. The predicted octanol–water partition coefficient (Wildman–Crippen LogP) is 1.95. The SMILES string of the molecule is CCC(O)(Cn1cncn1)C1CCC(F)CC1. The van der Waals surface area contributed by atoms with Gasteiger partial charge in [0.2, 0.25) is 0 Å². The van der Waals surface area contributed by atoms with Crippen LogP contribution in [0.2, 0.25) is 0 Å². The van der Waals surface area contributed by atoms with Crippen molar-refractivity contribution in [2.24, 2.45) is 5.92 Å². The lowest BCUT2D eigenvalue weighted by molar-refractivity contribution is -0.0585. The average molecular weight is 241 g/mol. The Balaban J connectivity index is 2.03. The smallest absolute Gasteiger partial charge is 0.137 e. The summed E-state index contributed by atoms with van der Waals surface area (Å²) in [6.45, 7) is 2.42. The van der Waals surface area contributed by atoms with Gasteiger partial charge in [0.05, 0.1) is 12.1 Å². The topological polar surface area (TPSA) is 50.9 Å². The van der Waals surface area contributed by atoms with Crippen molar-refractivity contribution in [1.29, 1.82) is 0 Å². The van der Waals surface area contributed by atoms with Gasteiger partial charge < -0.3 is 5.11 Å². The van der Waals surface area contributed by atoms with Crippen LogP contribution in [0.5, 0.6) is 0 Å². The summed E-state index contributed by atoms with van der Waals surface area (Å²) < 4.78 is 14.8. The van der Waals surface area contributed by atoms with Crippen LogP contribution in [-0.4, -0.2) is 31.6 Å². The van der Waals surface area contributed by atoms with E-state index in [1.165, 1.54) is 6.33 Å². The number of aromatic nitrogens is 3. The lowest BCUT2D eigenvalue weighted by atomic mass is 9.75. The Kier molecular flexibility index (Phi) is 3.76. The minimum absolute atomic E-state index is 0.170. The summed E-state index contributed by atoms with van der Waals surface area (Å²) in [5, 5.41) is 14.7. The summed E-state index contributed by atoms with van der Waals surface area (Å²) in [5.41, 5.74) is -0.784. The van der Waals surface area contributed by atoms with E-state index in [4.69, 9.17) is 0 Å². The van der Waals surface area contributed by atoms with Crippen LogP contribution in [0.25, 0.3) is 0 Å². The minimum Gasteiger partial charge on any atom is -0.388 e. The monoisotopic (exact) mass is 241 g/mol. The van der Waals surface area contributed by atoms with Crippen molar-refractivity contribution in [3.63, 3.8) is 0 Å². The van der Waals surface area contributed by atoms with Crippen LogP contribution in [0.15, 0.2) is 12.7 Å². The van der Waals surface area contributed by atoms with Crippen LogP contribution < -0.4 is 0 Å². The van der Waals surface area contributed by atoms with Crippen molar-refractivity contribution in [2.45, 2.75) is 57.3 Å². The maximum absolute atomic E-state index is 13.1. The number of halogens is 1. The van der Waals surface area contributed by atoms with E-state index in [0.717, 1.165) is 12.8 Å². The van der Waals surface area contributed by atoms with Crippen LogP contribution in [0.4, 0.5) is 4.39 Å². The highest BCUT2D eigenvalue weighted by Crippen LogP contribution is 2.36. The zero-order valence-corrected chi connectivity index (χ0v) is 10.2. The van der Waals surface area contributed by atoms with Crippen LogP contribution >= 0.6 is 0 Å². The molecule has 1 atom stereocenters. The highest BCUT2D eigenvalue weighted by Gasteiger charge is 2.38. The summed E-state index contributed by atoms with van der Waals surface area (Å²) in [7, 11) is 0. The van der Waals surface area contributed by atoms with Crippen molar-refractivity contribution in [2.75, 3.05) is 0 Å². The van der Waals surface area contributed by atoms with Gasteiger partial charge in [-0.05, 0) is 38.0 Å². The molecule has 17 heavy (non-hydrogen) atoms. The molecule has 0 aromatic carbocycles.